The summed E-state index contributed by atoms with van der Waals surface area (Å²) in [5, 5.41) is 22.2. The van der Waals surface area contributed by atoms with Crippen molar-refractivity contribution in [1.82, 2.24) is 5.32 Å². The Hall–Kier alpha value is -1.22. The standard InChI is InChI=1S/C13H19NO2/c1-13(2)6-10(13)8-14-7-9-4-3-5-11(15)12(9)16/h3-5,10,14-16H,6-8H2,1-2H3. The first-order valence-corrected chi connectivity index (χ1v) is 5.71. The molecule has 0 spiro atoms. The van der Waals surface area contributed by atoms with Crippen molar-refractivity contribution < 1.29 is 10.2 Å². The number of aromatic hydroxyl groups is 2. The van der Waals surface area contributed by atoms with Crippen molar-refractivity contribution in [3.8, 4) is 11.5 Å². The Morgan fingerprint density at radius 3 is 2.69 bits per heavy atom. The van der Waals surface area contributed by atoms with Crippen LogP contribution in [0.5, 0.6) is 11.5 Å². The lowest BCUT2D eigenvalue weighted by Gasteiger charge is -2.08. The first kappa shape index (κ1) is 11.3. The van der Waals surface area contributed by atoms with Crippen LogP contribution < -0.4 is 5.32 Å². The first-order valence-electron chi connectivity index (χ1n) is 5.71. The number of benzene rings is 1. The molecule has 0 bridgehead atoms. The van der Waals surface area contributed by atoms with E-state index in [1.54, 1.807) is 6.07 Å². The molecule has 1 aromatic carbocycles. The van der Waals surface area contributed by atoms with Gasteiger partial charge in [-0.25, -0.2) is 0 Å². The summed E-state index contributed by atoms with van der Waals surface area (Å²) in [5.74, 6) is 0.683. The van der Waals surface area contributed by atoms with Crippen molar-refractivity contribution in [2.75, 3.05) is 6.54 Å². The average Bonchev–Trinajstić information content (AvgIpc) is 2.81. The van der Waals surface area contributed by atoms with Crippen LogP contribution in [-0.4, -0.2) is 16.8 Å². The van der Waals surface area contributed by atoms with Crippen LogP contribution in [-0.2, 0) is 6.54 Å². The van der Waals surface area contributed by atoms with Gasteiger partial charge in [0.15, 0.2) is 11.5 Å². The molecule has 1 unspecified atom stereocenters. The van der Waals surface area contributed by atoms with Crippen molar-refractivity contribution in [2.24, 2.45) is 11.3 Å². The Bertz CT molecular complexity index is 388. The van der Waals surface area contributed by atoms with Crippen LogP contribution in [0.3, 0.4) is 0 Å². The zero-order valence-corrected chi connectivity index (χ0v) is 9.83. The molecule has 1 aromatic rings. The number of nitrogens with one attached hydrogen (secondary N) is 1. The summed E-state index contributed by atoms with van der Waals surface area (Å²) in [5.41, 5.74) is 1.23. The third-order valence-electron chi connectivity index (χ3n) is 3.52. The highest BCUT2D eigenvalue weighted by molar-refractivity contribution is 5.44. The summed E-state index contributed by atoms with van der Waals surface area (Å²) in [6, 6.07) is 5.05. The number of rotatable bonds is 4. The van der Waals surface area contributed by atoms with E-state index in [0.29, 0.717) is 12.0 Å². The fourth-order valence-corrected chi connectivity index (χ4v) is 2.03. The summed E-state index contributed by atoms with van der Waals surface area (Å²) in [4.78, 5) is 0. The van der Waals surface area contributed by atoms with Gasteiger partial charge in [-0.15, -0.1) is 0 Å². The Morgan fingerprint density at radius 1 is 1.38 bits per heavy atom. The number of phenolic OH excluding ortho intramolecular Hbond substituents is 2. The van der Waals surface area contributed by atoms with Gasteiger partial charge < -0.3 is 15.5 Å². The molecule has 1 saturated carbocycles. The molecule has 0 saturated heterocycles. The summed E-state index contributed by atoms with van der Waals surface area (Å²) >= 11 is 0. The second-order valence-electron chi connectivity index (χ2n) is 5.31. The third-order valence-corrected chi connectivity index (χ3v) is 3.52. The van der Waals surface area contributed by atoms with Crippen molar-refractivity contribution >= 4 is 0 Å². The van der Waals surface area contributed by atoms with Crippen LogP contribution in [0, 0.1) is 11.3 Å². The van der Waals surface area contributed by atoms with Crippen molar-refractivity contribution in [2.45, 2.75) is 26.8 Å². The van der Waals surface area contributed by atoms with E-state index in [9.17, 15) is 10.2 Å². The van der Waals surface area contributed by atoms with Gasteiger partial charge in [-0.3, -0.25) is 0 Å². The van der Waals surface area contributed by atoms with E-state index < -0.39 is 0 Å². The van der Waals surface area contributed by atoms with E-state index in [-0.39, 0.29) is 11.5 Å². The fraction of sp³-hybridized carbons (Fsp3) is 0.538. The molecule has 0 heterocycles. The van der Waals surface area contributed by atoms with Gasteiger partial charge in [-0.1, -0.05) is 26.0 Å². The third kappa shape index (κ3) is 2.30. The van der Waals surface area contributed by atoms with Gasteiger partial charge in [0.2, 0.25) is 0 Å². The minimum Gasteiger partial charge on any atom is -0.504 e. The molecule has 1 fully saturated rings. The first-order chi connectivity index (χ1) is 7.50. The maximum Gasteiger partial charge on any atom is 0.161 e. The minimum atomic E-state index is -0.0500. The lowest BCUT2D eigenvalue weighted by Crippen LogP contribution is -2.18. The number of para-hydroxylation sites is 1. The number of hydrogen-bond donors (Lipinski definition) is 3. The second-order valence-corrected chi connectivity index (χ2v) is 5.31. The quantitative estimate of drug-likeness (QED) is 0.683. The molecule has 88 valence electrons. The minimum absolute atomic E-state index is 0.00921. The normalized spacial score (nSPS) is 22.0. The van der Waals surface area contributed by atoms with E-state index >= 15 is 0 Å². The summed E-state index contributed by atoms with van der Waals surface area (Å²) in [7, 11) is 0. The Balaban J connectivity index is 1.84. The van der Waals surface area contributed by atoms with Crippen molar-refractivity contribution in [1.29, 1.82) is 0 Å². The van der Waals surface area contributed by atoms with Crippen LogP contribution >= 0.6 is 0 Å². The molecular weight excluding hydrogens is 202 g/mol. The Kier molecular flexibility index (Phi) is 2.80. The molecule has 0 amide bonds. The smallest absolute Gasteiger partial charge is 0.161 e. The van der Waals surface area contributed by atoms with Gasteiger partial charge in [-0.05, 0) is 30.4 Å². The maximum atomic E-state index is 9.59. The largest absolute Gasteiger partial charge is 0.504 e. The molecule has 1 aliphatic carbocycles. The molecule has 16 heavy (non-hydrogen) atoms. The highest BCUT2D eigenvalue weighted by Gasteiger charge is 2.44. The van der Waals surface area contributed by atoms with Crippen LogP contribution in [0.15, 0.2) is 18.2 Å². The Morgan fingerprint density at radius 2 is 2.06 bits per heavy atom. The highest BCUT2D eigenvalue weighted by atomic mass is 16.3. The molecule has 0 aliphatic heterocycles. The van der Waals surface area contributed by atoms with E-state index in [4.69, 9.17) is 0 Å². The van der Waals surface area contributed by atoms with Crippen LogP contribution in [0.1, 0.15) is 25.8 Å². The fourth-order valence-electron chi connectivity index (χ4n) is 2.03. The van der Waals surface area contributed by atoms with Crippen LogP contribution in [0.4, 0.5) is 0 Å². The van der Waals surface area contributed by atoms with Crippen molar-refractivity contribution in [3.63, 3.8) is 0 Å². The molecule has 0 aromatic heterocycles. The van der Waals surface area contributed by atoms with Crippen LogP contribution in [0.25, 0.3) is 0 Å². The predicted molar refractivity (Wildman–Crippen MR) is 63.4 cm³/mol. The second kappa shape index (κ2) is 3.98. The topological polar surface area (TPSA) is 52.5 Å². The van der Waals surface area contributed by atoms with E-state index in [0.717, 1.165) is 18.0 Å². The monoisotopic (exact) mass is 221 g/mol. The number of phenols is 2. The molecule has 2 rings (SSSR count). The molecule has 0 radical (unpaired) electrons. The summed E-state index contributed by atoms with van der Waals surface area (Å²) < 4.78 is 0. The molecular formula is C13H19NO2. The van der Waals surface area contributed by atoms with Gasteiger partial charge in [0.05, 0.1) is 0 Å². The highest BCUT2D eigenvalue weighted by Crippen LogP contribution is 2.51. The van der Waals surface area contributed by atoms with E-state index in [1.165, 1.54) is 12.5 Å². The molecule has 3 nitrogen and oxygen atoms in total. The van der Waals surface area contributed by atoms with Gasteiger partial charge in [0.25, 0.3) is 0 Å². The van der Waals surface area contributed by atoms with E-state index in [2.05, 4.69) is 19.2 Å². The van der Waals surface area contributed by atoms with Crippen LogP contribution in [0.2, 0.25) is 0 Å². The Labute approximate surface area is 96.1 Å². The van der Waals surface area contributed by atoms with Gasteiger partial charge >= 0.3 is 0 Å². The molecule has 1 aliphatic rings. The molecule has 3 N–H and O–H groups in total. The zero-order chi connectivity index (χ0) is 11.8. The number of hydrogen-bond acceptors (Lipinski definition) is 3. The molecule has 3 heteroatoms. The SMILES string of the molecule is CC1(C)CC1CNCc1cccc(O)c1O. The molecule has 1 atom stereocenters. The maximum absolute atomic E-state index is 9.59. The zero-order valence-electron chi connectivity index (χ0n) is 9.83. The summed E-state index contributed by atoms with van der Waals surface area (Å²) in [6.07, 6.45) is 1.27. The van der Waals surface area contributed by atoms with Gasteiger partial charge in [0, 0.05) is 12.1 Å². The van der Waals surface area contributed by atoms with Gasteiger partial charge in [-0.2, -0.15) is 0 Å². The van der Waals surface area contributed by atoms with Crippen molar-refractivity contribution in [3.05, 3.63) is 23.8 Å². The van der Waals surface area contributed by atoms with Gasteiger partial charge in [0.1, 0.15) is 0 Å². The summed E-state index contributed by atoms with van der Waals surface area (Å²) in [6.45, 7) is 6.12. The average molecular weight is 221 g/mol. The lowest BCUT2D eigenvalue weighted by molar-refractivity contribution is 0.397. The lowest BCUT2D eigenvalue weighted by atomic mass is 10.1. The predicted octanol–water partition coefficient (Wildman–Crippen LogP) is 2.23. The van der Waals surface area contributed by atoms with E-state index in [1.807, 2.05) is 6.07 Å².